The third kappa shape index (κ3) is 3.35. The van der Waals surface area contributed by atoms with E-state index >= 15 is 0 Å². The molecule has 1 fully saturated rings. The Kier molecular flexibility index (Phi) is 4.83. The van der Waals surface area contributed by atoms with Crippen LogP contribution < -0.4 is 5.32 Å². The molecule has 126 valence electrons. The summed E-state index contributed by atoms with van der Waals surface area (Å²) >= 11 is 2.97. The highest BCUT2D eigenvalue weighted by Crippen LogP contribution is 2.35. The molecular weight excluding hydrogens is 390 g/mol. The Morgan fingerprint density at radius 2 is 2.17 bits per heavy atom. The van der Waals surface area contributed by atoms with Gasteiger partial charge in [-0.25, -0.2) is 9.69 Å². The molecule has 0 atom stereocenters. The number of carbonyl (C=O) groups excluding carboxylic acids is 3. The summed E-state index contributed by atoms with van der Waals surface area (Å²) < 4.78 is 4.44. The SMILES string of the molecule is COC(=O)CN1C(=O)NC(=Cc2cc(Br)c(O)c([N+](=O)[O-])c2)C1=O. The first kappa shape index (κ1) is 17.4. The molecule has 1 aromatic carbocycles. The van der Waals surface area contributed by atoms with Crippen LogP contribution in [0.4, 0.5) is 10.5 Å². The first-order valence-corrected chi connectivity index (χ1v) is 7.12. The number of benzene rings is 1. The number of rotatable bonds is 4. The Hall–Kier alpha value is -2.95. The molecule has 1 aliphatic rings. The summed E-state index contributed by atoms with van der Waals surface area (Å²) in [7, 11) is 1.12. The first-order chi connectivity index (χ1) is 11.2. The molecule has 2 N–H and O–H groups in total. The van der Waals surface area contributed by atoms with Gasteiger partial charge in [0.05, 0.1) is 16.5 Å². The molecule has 10 nitrogen and oxygen atoms in total. The minimum absolute atomic E-state index is 0.0479. The monoisotopic (exact) mass is 399 g/mol. The fourth-order valence-corrected chi connectivity index (χ4v) is 2.37. The van der Waals surface area contributed by atoms with Gasteiger partial charge in [0.15, 0.2) is 0 Å². The van der Waals surface area contributed by atoms with Gasteiger partial charge < -0.3 is 15.2 Å². The molecular formula is C13H10BrN3O7. The Labute approximate surface area is 143 Å². The van der Waals surface area contributed by atoms with Crippen LogP contribution in [0.15, 0.2) is 22.3 Å². The van der Waals surface area contributed by atoms with Crippen LogP contribution in [0.25, 0.3) is 6.08 Å². The number of esters is 1. The van der Waals surface area contributed by atoms with E-state index in [1.54, 1.807) is 0 Å². The van der Waals surface area contributed by atoms with Crippen molar-refractivity contribution in [1.82, 2.24) is 10.2 Å². The molecule has 0 bridgehead atoms. The van der Waals surface area contributed by atoms with E-state index in [9.17, 15) is 29.6 Å². The van der Waals surface area contributed by atoms with Crippen LogP contribution in [0.3, 0.4) is 0 Å². The molecule has 0 unspecified atom stereocenters. The average molecular weight is 400 g/mol. The van der Waals surface area contributed by atoms with Crippen LogP contribution in [-0.4, -0.2) is 46.5 Å². The number of nitrogens with zero attached hydrogens (tertiary/aromatic N) is 2. The van der Waals surface area contributed by atoms with Crippen LogP contribution >= 0.6 is 15.9 Å². The Morgan fingerprint density at radius 3 is 2.75 bits per heavy atom. The number of carbonyl (C=O) groups is 3. The molecule has 0 aromatic heterocycles. The number of phenolic OH excluding ortho intramolecular Hbond substituents is 1. The summed E-state index contributed by atoms with van der Waals surface area (Å²) in [6, 6.07) is 1.55. The van der Waals surface area contributed by atoms with Crippen molar-refractivity contribution < 1.29 is 29.2 Å². The second-order valence-electron chi connectivity index (χ2n) is 4.58. The van der Waals surface area contributed by atoms with Crippen molar-refractivity contribution in [3.63, 3.8) is 0 Å². The van der Waals surface area contributed by atoms with Crippen molar-refractivity contribution in [2.24, 2.45) is 0 Å². The molecule has 3 amide bonds. The number of halogens is 1. The number of urea groups is 1. The number of hydrogen-bond acceptors (Lipinski definition) is 7. The Balaban J connectivity index is 2.36. The second kappa shape index (κ2) is 6.66. The largest absolute Gasteiger partial charge is 0.501 e. The molecule has 24 heavy (non-hydrogen) atoms. The highest BCUT2D eigenvalue weighted by molar-refractivity contribution is 9.10. The number of phenols is 1. The Morgan fingerprint density at radius 1 is 1.50 bits per heavy atom. The van der Waals surface area contributed by atoms with Gasteiger partial charge in [0.1, 0.15) is 12.2 Å². The number of aromatic hydroxyl groups is 1. The quantitative estimate of drug-likeness (QED) is 0.254. The van der Waals surface area contributed by atoms with E-state index < -0.39 is 40.8 Å². The van der Waals surface area contributed by atoms with E-state index in [2.05, 4.69) is 26.0 Å². The van der Waals surface area contributed by atoms with Crippen LogP contribution in [-0.2, 0) is 14.3 Å². The number of imide groups is 1. The average Bonchev–Trinajstić information content (AvgIpc) is 2.77. The highest BCUT2D eigenvalue weighted by Gasteiger charge is 2.35. The van der Waals surface area contributed by atoms with Gasteiger partial charge in [0.2, 0.25) is 5.75 Å². The smallest absolute Gasteiger partial charge is 0.329 e. The molecule has 0 radical (unpaired) electrons. The van der Waals surface area contributed by atoms with Crippen LogP contribution in [0, 0.1) is 10.1 Å². The predicted octanol–water partition coefficient (Wildman–Crippen LogP) is 1.13. The number of hydrogen-bond donors (Lipinski definition) is 2. The van der Waals surface area contributed by atoms with Crippen LogP contribution in [0.1, 0.15) is 5.56 Å². The maximum Gasteiger partial charge on any atom is 0.329 e. The number of ether oxygens (including phenoxy) is 1. The molecule has 1 aliphatic heterocycles. The lowest BCUT2D eigenvalue weighted by Gasteiger charge is -2.09. The lowest BCUT2D eigenvalue weighted by atomic mass is 10.1. The van der Waals surface area contributed by atoms with Crippen molar-refractivity contribution in [3.8, 4) is 5.75 Å². The number of nitro benzene ring substituents is 1. The van der Waals surface area contributed by atoms with Crippen molar-refractivity contribution in [3.05, 3.63) is 38.0 Å². The molecule has 2 rings (SSSR count). The molecule has 1 heterocycles. The van der Waals surface area contributed by atoms with Gasteiger partial charge in [-0.1, -0.05) is 0 Å². The molecule has 0 aliphatic carbocycles. The minimum atomic E-state index is -0.816. The lowest BCUT2D eigenvalue weighted by molar-refractivity contribution is -0.386. The molecule has 0 spiro atoms. The first-order valence-electron chi connectivity index (χ1n) is 6.33. The van der Waals surface area contributed by atoms with E-state index in [-0.39, 0.29) is 15.7 Å². The van der Waals surface area contributed by atoms with Gasteiger partial charge >= 0.3 is 17.7 Å². The summed E-state index contributed by atoms with van der Waals surface area (Å²) in [5.41, 5.74) is -0.551. The van der Waals surface area contributed by atoms with E-state index in [1.807, 2.05) is 0 Å². The van der Waals surface area contributed by atoms with Crippen molar-refractivity contribution >= 4 is 45.6 Å². The van der Waals surface area contributed by atoms with E-state index in [0.29, 0.717) is 4.90 Å². The fraction of sp³-hybridized carbons (Fsp3) is 0.154. The standard InChI is InChI=1S/C13H10BrN3O7/c1-24-10(18)5-16-12(20)8(15-13(16)21)3-6-2-7(14)11(19)9(4-6)17(22)23/h2-4,19H,5H2,1H3,(H,15,21). The second-order valence-corrected chi connectivity index (χ2v) is 5.44. The zero-order valence-corrected chi connectivity index (χ0v) is 13.7. The van der Waals surface area contributed by atoms with Gasteiger partial charge in [-0.05, 0) is 33.6 Å². The maximum atomic E-state index is 12.1. The number of nitro groups is 1. The van der Waals surface area contributed by atoms with Gasteiger partial charge in [-0.15, -0.1) is 0 Å². The van der Waals surface area contributed by atoms with Gasteiger partial charge in [-0.3, -0.25) is 19.7 Å². The summed E-state index contributed by atoms with van der Waals surface area (Å²) in [6.07, 6.45) is 1.19. The number of methoxy groups -OCH3 is 1. The van der Waals surface area contributed by atoms with Crippen LogP contribution in [0.5, 0.6) is 5.75 Å². The van der Waals surface area contributed by atoms with E-state index in [0.717, 1.165) is 13.2 Å². The topological polar surface area (TPSA) is 139 Å². The predicted molar refractivity (Wildman–Crippen MR) is 82.7 cm³/mol. The lowest BCUT2D eigenvalue weighted by Crippen LogP contribution is -2.36. The van der Waals surface area contributed by atoms with Crippen molar-refractivity contribution in [1.29, 1.82) is 0 Å². The van der Waals surface area contributed by atoms with Crippen molar-refractivity contribution in [2.45, 2.75) is 0 Å². The third-order valence-electron chi connectivity index (χ3n) is 3.05. The molecule has 1 aromatic rings. The van der Waals surface area contributed by atoms with E-state index in [1.165, 1.54) is 12.1 Å². The summed E-state index contributed by atoms with van der Waals surface area (Å²) in [6.45, 7) is -0.558. The summed E-state index contributed by atoms with van der Waals surface area (Å²) in [5.74, 6) is -2.11. The van der Waals surface area contributed by atoms with Gasteiger partial charge in [-0.2, -0.15) is 0 Å². The van der Waals surface area contributed by atoms with E-state index in [4.69, 9.17) is 0 Å². The van der Waals surface area contributed by atoms with Gasteiger partial charge in [0.25, 0.3) is 5.91 Å². The maximum absolute atomic E-state index is 12.1. The summed E-state index contributed by atoms with van der Waals surface area (Å²) in [4.78, 5) is 45.8. The molecule has 11 heteroatoms. The fourth-order valence-electron chi connectivity index (χ4n) is 1.90. The minimum Gasteiger partial charge on any atom is -0.501 e. The molecule has 1 saturated heterocycles. The van der Waals surface area contributed by atoms with Crippen LogP contribution in [0.2, 0.25) is 0 Å². The highest BCUT2D eigenvalue weighted by atomic mass is 79.9. The normalized spacial score (nSPS) is 15.6. The van der Waals surface area contributed by atoms with Crippen molar-refractivity contribution in [2.75, 3.05) is 13.7 Å². The van der Waals surface area contributed by atoms with Gasteiger partial charge in [0, 0.05) is 6.07 Å². The zero-order chi connectivity index (χ0) is 18.0. The number of nitrogens with one attached hydrogen (secondary N) is 1. The third-order valence-corrected chi connectivity index (χ3v) is 3.66. The number of amides is 3. The Bertz CT molecular complexity index is 790. The zero-order valence-electron chi connectivity index (χ0n) is 12.1. The molecule has 0 saturated carbocycles. The summed E-state index contributed by atoms with van der Waals surface area (Å²) in [5, 5.41) is 22.8.